The molecule has 0 aliphatic carbocycles. The summed E-state index contributed by atoms with van der Waals surface area (Å²) in [4.78, 5) is 0. The third-order valence-corrected chi connectivity index (χ3v) is 3.32. The fourth-order valence-electron chi connectivity index (χ4n) is 2.24. The Labute approximate surface area is 117 Å². The predicted molar refractivity (Wildman–Crippen MR) is 74.2 cm³/mol. The summed E-state index contributed by atoms with van der Waals surface area (Å²) in [6.45, 7) is 1.09. The average molecular weight is 272 g/mol. The summed E-state index contributed by atoms with van der Waals surface area (Å²) in [7, 11) is 0. The van der Waals surface area contributed by atoms with Gasteiger partial charge in [-0.3, -0.25) is 0 Å². The highest BCUT2D eigenvalue weighted by molar-refractivity contribution is 5.44. The van der Waals surface area contributed by atoms with Gasteiger partial charge in [-0.2, -0.15) is 0 Å². The maximum absolute atomic E-state index is 10.3. The number of rotatable bonds is 3. The van der Waals surface area contributed by atoms with E-state index in [1.165, 1.54) is 0 Å². The second-order valence-corrected chi connectivity index (χ2v) is 4.79. The summed E-state index contributed by atoms with van der Waals surface area (Å²) in [5.74, 6) is 1.62. The van der Waals surface area contributed by atoms with Gasteiger partial charge in [-0.05, 0) is 35.4 Å². The Hall–Kier alpha value is -2.20. The van der Waals surface area contributed by atoms with Crippen LogP contribution in [-0.2, 0) is 6.42 Å². The van der Waals surface area contributed by atoms with Gasteiger partial charge in [0.15, 0.2) is 11.5 Å². The smallest absolute Gasteiger partial charge is 0.161 e. The van der Waals surface area contributed by atoms with E-state index in [0.29, 0.717) is 25.4 Å². The van der Waals surface area contributed by atoms with Crippen molar-refractivity contribution in [3.63, 3.8) is 0 Å². The van der Waals surface area contributed by atoms with Gasteiger partial charge in [-0.25, -0.2) is 0 Å². The van der Waals surface area contributed by atoms with Crippen LogP contribution < -0.4 is 9.47 Å². The van der Waals surface area contributed by atoms with Gasteiger partial charge >= 0.3 is 0 Å². The van der Waals surface area contributed by atoms with Crippen LogP contribution in [0.15, 0.2) is 42.5 Å². The molecule has 0 saturated carbocycles. The van der Waals surface area contributed by atoms with Crippen LogP contribution >= 0.6 is 0 Å². The fraction of sp³-hybridized carbons (Fsp3) is 0.250. The average Bonchev–Trinajstić information content (AvgIpc) is 2.49. The van der Waals surface area contributed by atoms with E-state index in [0.717, 1.165) is 16.9 Å². The van der Waals surface area contributed by atoms with Crippen LogP contribution in [0.4, 0.5) is 0 Å². The van der Waals surface area contributed by atoms with E-state index >= 15 is 0 Å². The normalized spacial score (nSPS) is 14.8. The first-order chi connectivity index (χ1) is 9.72. The van der Waals surface area contributed by atoms with Gasteiger partial charge in [0.05, 0.1) is 6.10 Å². The van der Waals surface area contributed by atoms with Gasteiger partial charge in [-0.1, -0.05) is 18.2 Å². The lowest BCUT2D eigenvalue weighted by Gasteiger charge is -2.20. The summed E-state index contributed by atoms with van der Waals surface area (Å²) in [6.07, 6.45) is -0.129. The molecule has 3 rings (SSSR count). The minimum Gasteiger partial charge on any atom is -0.508 e. The second kappa shape index (κ2) is 5.43. The molecular formula is C16H16O4. The van der Waals surface area contributed by atoms with Crippen molar-refractivity contribution in [1.29, 1.82) is 0 Å². The lowest BCUT2D eigenvalue weighted by Crippen LogP contribution is -2.15. The molecule has 2 aromatic carbocycles. The zero-order chi connectivity index (χ0) is 13.9. The van der Waals surface area contributed by atoms with Crippen LogP contribution in [0.3, 0.4) is 0 Å². The Morgan fingerprint density at radius 2 is 1.65 bits per heavy atom. The SMILES string of the molecule is Oc1ccc(CC(O)c2ccc3c(c2)OCCO3)cc1. The molecule has 1 unspecified atom stereocenters. The van der Waals surface area contributed by atoms with Crippen LogP contribution in [0.25, 0.3) is 0 Å². The fourth-order valence-corrected chi connectivity index (χ4v) is 2.24. The van der Waals surface area contributed by atoms with Crippen LogP contribution in [0.1, 0.15) is 17.2 Å². The number of aromatic hydroxyl groups is 1. The lowest BCUT2D eigenvalue weighted by atomic mass is 10.0. The van der Waals surface area contributed by atoms with Crippen molar-refractivity contribution < 1.29 is 19.7 Å². The number of aliphatic hydroxyl groups is 1. The Balaban J connectivity index is 1.76. The molecule has 0 amide bonds. The molecule has 20 heavy (non-hydrogen) atoms. The summed E-state index contributed by atoms with van der Waals surface area (Å²) in [6, 6.07) is 12.3. The minimum absolute atomic E-state index is 0.225. The lowest BCUT2D eigenvalue weighted by molar-refractivity contribution is 0.164. The molecular weight excluding hydrogens is 256 g/mol. The first-order valence-electron chi connectivity index (χ1n) is 6.58. The maximum Gasteiger partial charge on any atom is 0.161 e. The molecule has 0 spiro atoms. The van der Waals surface area contributed by atoms with Crippen molar-refractivity contribution in [2.45, 2.75) is 12.5 Å². The molecule has 2 aromatic rings. The Morgan fingerprint density at radius 1 is 0.950 bits per heavy atom. The van der Waals surface area contributed by atoms with Crippen molar-refractivity contribution in [2.75, 3.05) is 13.2 Å². The first-order valence-corrected chi connectivity index (χ1v) is 6.58. The quantitative estimate of drug-likeness (QED) is 0.901. The highest BCUT2D eigenvalue weighted by Crippen LogP contribution is 2.33. The summed E-state index contributed by atoms with van der Waals surface area (Å²) in [5, 5.41) is 19.5. The molecule has 104 valence electrons. The van der Waals surface area contributed by atoms with Gasteiger partial charge in [-0.15, -0.1) is 0 Å². The van der Waals surface area contributed by atoms with E-state index in [9.17, 15) is 10.2 Å². The van der Waals surface area contributed by atoms with E-state index in [-0.39, 0.29) is 5.75 Å². The van der Waals surface area contributed by atoms with Crippen LogP contribution in [-0.4, -0.2) is 23.4 Å². The number of ether oxygens (including phenoxy) is 2. The molecule has 0 aromatic heterocycles. The standard InChI is InChI=1S/C16H16O4/c17-13-4-1-11(2-5-13)9-14(18)12-3-6-15-16(10-12)20-8-7-19-15/h1-6,10,14,17-18H,7-9H2. The van der Waals surface area contributed by atoms with Gasteiger partial charge in [0.25, 0.3) is 0 Å². The molecule has 2 N–H and O–H groups in total. The number of hydrogen-bond donors (Lipinski definition) is 2. The number of hydrogen-bond acceptors (Lipinski definition) is 4. The molecule has 0 bridgehead atoms. The number of fused-ring (bicyclic) bond motifs is 1. The second-order valence-electron chi connectivity index (χ2n) is 4.79. The van der Waals surface area contributed by atoms with Crippen molar-refractivity contribution in [3.05, 3.63) is 53.6 Å². The Bertz CT molecular complexity index is 592. The van der Waals surface area contributed by atoms with E-state index in [1.54, 1.807) is 24.3 Å². The van der Waals surface area contributed by atoms with Gasteiger partial charge in [0, 0.05) is 6.42 Å². The molecule has 1 atom stereocenters. The van der Waals surface area contributed by atoms with Crippen LogP contribution in [0.5, 0.6) is 17.2 Å². The minimum atomic E-state index is -0.615. The molecule has 0 fully saturated rings. The van der Waals surface area contributed by atoms with Gasteiger partial charge in [0.1, 0.15) is 19.0 Å². The molecule has 4 nitrogen and oxygen atoms in total. The Morgan fingerprint density at radius 3 is 2.40 bits per heavy atom. The predicted octanol–water partition coefficient (Wildman–Crippen LogP) is 2.44. The van der Waals surface area contributed by atoms with Gasteiger partial charge < -0.3 is 19.7 Å². The van der Waals surface area contributed by atoms with Gasteiger partial charge in [0.2, 0.25) is 0 Å². The number of benzene rings is 2. The van der Waals surface area contributed by atoms with Crippen LogP contribution in [0.2, 0.25) is 0 Å². The van der Waals surface area contributed by atoms with Crippen LogP contribution in [0, 0.1) is 0 Å². The van der Waals surface area contributed by atoms with E-state index in [4.69, 9.17) is 9.47 Å². The van der Waals surface area contributed by atoms with E-state index in [2.05, 4.69) is 0 Å². The number of phenolic OH excluding ortho intramolecular Hbond substituents is 1. The summed E-state index contributed by atoms with van der Waals surface area (Å²) < 4.78 is 11.0. The third-order valence-electron chi connectivity index (χ3n) is 3.32. The Kier molecular flexibility index (Phi) is 3.48. The topological polar surface area (TPSA) is 58.9 Å². The third kappa shape index (κ3) is 2.70. The highest BCUT2D eigenvalue weighted by Gasteiger charge is 2.15. The molecule has 1 heterocycles. The van der Waals surface area contributed by atoms with Crippen molar-refractivity contribution in [3.8, 4) is 17.2 Å². The molecule has 1 aliphatic heterocycles. The molecule has 1 aliphatic rings. The zero-order valence-electron chi connectivity index (χ0n) is 11.0. The van der Waals surface area contributed by atoms with E-state index < -0.39 is 6.10 Å². The molecule has 0 radical (unpaired) electrons. The summed E-state index contributed by atoms with van der Waals surface area (Å²) >= 11 is 0. The van der Waals surface area contributed by atoms with Crippen molar-refractivity contribution >= 4 is 0 Å². The summed E-state index contributed by atoms with van der Waals surface area (Å²) in [5.41, 5.74) is 1.76. The monoisotopic (exact) mass is 272 g/mol. The first kappa shape index (κ1) is 12.8. The van der Waals surface area contributed by atoms with E-state index in [1.807, 2.05) is 18.2 Å². The highest BCUT2D eigenvalue weighted by atomic mass is 16.6. The molecule has 4 heteroatoms. The number of phenols is 1. The maximum atomic E-state index is 10.3. The van der Waals surface area contributed by atoms with Crippen molar-refractivity contribution in [2.24, 2.45) is 0 Å². The largest absolute Gasteiger partial charge is 0.508 e. The number of aliphatic hydroxyl groups excluding tert-OH is 1. The zero-order valence-corrected chi connectivity index (χ0v) is 11.0. The van der Waals surface area contributed by atoms with Crippen molar-refractivity contribution in [1.82, 2.24) is 0 Å². The molecule has 0 saturated heterocycles.